The van der Waals surface area contributed by atoms with Crippen molar-refractivity contribution in [2.75, 3.05) is 0 Å². The van der Waals surface area contributed by atoms with E-state index in [2.05, 4.69) is 5.32 Å². The molecule has 1 amide bonds. The molecule has 0 unspecified atom stereocenters. The Morgan fingerprint density at radius 2 is 2.00 bits per heavy atom. The van der Waals surface area contributed by atoms with Gasteiger partial charge in [-0.2, -0.15) is 0 Å². The van der Waals surface area contributed by atoms with Gasteiger partial charge in [-0.1, -0.05) is 12.5 Å². The van der Waals surface area contributed by atoms with E-state index < -0.39 is 11.9 Å². The lowest BCUT2D eigenvalue weighted by atomic mass is 10.0. The van der Waals surface area contributed by atoms with Gasteiger partial charge in [0.1, 0.15) is 0 Å². The van der Waals surface area contributed by atoms with Crippen molar-refractivity contribution in [3.05, 3.63) is 34.9 Å². The van der Waals surface area contributed by atoms with Crippen molar-refractivity contribution in [3.8, 4) is 0 Å². The van der Waals surface area contributed by atoms with Gasteiger partial charge in [0.15, 0.2) is 0 Å². The number of aliphatic carboxylic acids is 1. The second kappa shape index (κ2) is 5.25. The molecule has 2 aliphatic rings. The molecule has 0 spiro atoms. The number of benzene rings is 1. The van der Waals surface area contributed by atoms with Crippen LogP contribution in [-0.2, 0) is 22.7 Å². The molecule has 1 heterocycles. The van der Waals surface area contributed by atoms with Gasteiger partial charge in [0, 0.05) is 11.6 Å². The van der Waals surface area contributed by atoms with Crippen molar-refractivity contribution >= 4 is 11.9 Å². The maximum atomic E-state index is 12.2. The fourth-order valence-corrected chi connectivity index (χ4v) is 2.99. The number of nitrogens with one attached hydrogen (secondary N) is 1. The predicted molar refractivity (Wildman–Crippen MR) is 71.2 cm³/mol. The summed E-state index contributed by atoms with van der Waals surface area (Å²) in [6, 6.07) is 5.25. The van der Waals surface area contributed by atoms with E-state index in [1.165, 1.54) is 0 Å². The highest BCUT2D eigenvalue weighted by molar-refractivity contribution is 5.95. The summed E-state index contributed by atoms with van der Waals surface area (Å²) in [5.74, 6) is -1.48. The van der Waals surface area contributed by atoms with Crippen LogP contribution in [0.2, 0.25) is 0 Å². The van der Waals surface area contributed by atoms with Crippen molar-refractivity contribution in [1.29, 1.82) is 0 Å². The monoisotopic (exact) mass is 275 g/mol. The van der Waals surface area contributed by atoms with E-state index in [1.54, 1.807) is 6.07 Å². The molecule has 1 aliphatic heterocycles. The van der Waals surface area contributed by atoms with E-state index in [1.807, 2.05) is 12.1 Å². The standard InChI is InChI=1S/C15H17NO4/c17-14(16-13-3-1-2-12(13)15(18)19)9-4-5-10-7-20-8-11(10)6-9/h4-6,12-13H,1-3,7-8H2,(H,16,17)(H,18,19)/t12-,13+/m1/s1. The van der Waals surface area contributed by atoms with Crippen molar-refractivity contribution in [2.45, 2.75) is 38.5 Å². The van der Waals surface area contributed by atoms with Crippen LogP contribution in [0.25, 0.3) is 0 Å². The number of carboxylic acids is 1. The van der Waals surface area contributed by atoms with Crippen molar-refractivity contribution in [2.24, 2.45) is 5.92 Å². The zero-order chi connectivity index (χ0) is 14.1. The number of rotatable bonds is 3. The van der Waals surface area contributed by atoms with Gasteiger partial charge in [-0.25, -0.2) is 0 Å². The fourth-order valence-electron chi connectivity index (χ4n) is 2.99. The molecule has 1 aromatic carbocycles. The maximum Gasteiger partial charge on any atom is 0.308 e. The summed E-state index contributed by atoms with van der Waals surface area (Å²) in [7, 11) is 0. The molecule has 20 heavy (non-hydrogen) atoms. The zero-order valence-electron chi connectivity index (χ0n) is 11.1. The molecule has 0 radical (unpaired) electrons. The molecular weight excluding hydrogens is 258 g/mol. The number of carboxylic acid groups (broad SMARTS) is 1. The third-order valence-electron chi connectivity index (χ3n) is 4.13. The van der Waals surface area contributed by atoms with Gasteiger partial charge in [0.05, 0.1) is 19.1 Å². The minimum atomic E-state index is -0.824. The first-order chi connectivity index (χ1) is 9.65. The Hall–Kier alpha value is -1.88. The first kappa shape index (κ1) is 13.1. The first-order valence-corrected chi connectivity index (χ1v) is 6.88. The largest absolute Gasteiger partial charge is 0.481 e. The second-order valence-corrected chi connectivity index (χ2v) is 5.43. The Morgan fingerprint density at radius 1 is 1.20 bits per heavy atom. The normalized spacial score (nSPS) is 24.4. The van der Waals surface area contributed by atoms with Crippen molar-refractivity contribution in [1.82, 2.24) is 5.32 Å². The molecule has 2 atom stereocenters. The summed E-state index contributed by atoms with van der Waals surface area (Å²) in [6.07, 6.45) is 2.22. The van der Waals surface area contributed by atoms with E-state index >= 15 is 0 Å². The van der Waals surface area contributed by atoms with Gasteiger partial charge < -0.3 is 15.2 Å². The van der Waals surface area contributed by atoms with Gasteiger partial charge in [-0.05, 0) is 36.1 Å². The quantitative estimate of drug-likeness (QED) is 0.880. The third kappa shape index (κ3) is 2.41. The molecule has 1 saturated carbocycles. The lowest BCUT2D eigenvalue weighted by Crippen LogP contribution is -2.40. The summed E-state index contributed by atoms with van der Waals surface area (Å²) in [6.45, 7) is 1.14. The predicted octanol–water partition coefficient (Wildman–Crippen LogP) is 1.70. The van der Waals surface area contributed by atoms with E-state index in [0.717, 1.165) is 24.0 Å². The number of carbonyl (C=O) groups is 2. The number of hydrogen-bond acceptors (Lipinski definition) is 3. The van der Waals surface area contributed by atoms with Crippen LogP contribution in [0.1, 0.15) is 40.7 Å². The zero-order valence-corrected chi connectivity index (χ0v) is 11.1. The second-order valence-electron chi connectivity index (χ2n) is 5.43. The molecule has 0 bridgehead atoms. The van der Waals surface area contributed by atoms with Crippen molar-refractivity contribution in [3.63, 3.8) is 0 Å². The minimum Gasteiger partial charge on any atom is -0.481 e. The summed E-state index contributed by atoms with van der Waals surface area (Å²) < 4.78 is 5.32. The molecule has 1 aliphatic carbocycles. The van der Waals surface area contributed by atoms with Crippen LogP contribution in [0.15, 0.2) is 18.2 Å². The number of carbonyl (C=O) groups excluding carboxylic acids is 1. The molecule has 106 valence electrons. The summed E-state index contributed by atoms with van der Waals surface area (Å²) >= 11 is 0. The Morgan fingerprint density at radius 3 is 2.80 bits per heavy atom. The highest BCUT2D eigenvalue weighted by atomic mass is 16.5. The van der Waals surface area contributed by atoms with Crippen LogP contribution >= 0.6 is 0 Å². The van der Waals surface area contributed by atoms with Crippen LogP contribution in [0, 0.1) is 5.92 Å². The maximum absolute atomic E-state index is 12.2. The molecule has 0 aromatic heterocycles. The molecule has 5 nitrogen and oxygen atoms in total. The third-order valence-corrected chi connectivity index (χ3v) is 4.13. The van der Waals surface area contributed by atoms with Gasteiger partial charge in [-0.3, -0.25) is 9.59 Å². The van der Waals surface area contributed by atoms with E-state index in [0.29, 0.717) is 25.2 Å². The molecular formula is C15H17NO4. The average molecular weight is 275 g/mol. The van der Waals surface area contributed by atoms with Gasteiger partial charge in [0.2, 0.25) is 0 Å². The van der Waals surface area contributed by atoms with Crippen LogP contribution in [0.5, 0.6) is 0 Å². The van der Waals surface area contributed by atoms with Crippen molar-refractivity contribution < 1.29 is 19.4 Å². The molecule has 0 saturated heterocycles. The van der Waals surface area contributed by atoms with Crippen LogP contribution in [0.3, 0.4) is 0 Å². The number of fused-ring (bicyclic) bond motifs is 1. The smallest absolute Gasteiger partial charge is 0.308 e. The highest BCUT2D eigenvalue weighted by Gasteiger charge is 2.34. The topological polar surface area (TPSA) is 75.6 Å². The lowest BCUT2D eigenvalue weighted by molar-refractivity contribution is -0.142. The van der Waals surface area contributed by atoms with E-state index in [-0.39, 0.29) is 11.9 Å². The van der Waals surface area contributed by atoms with Gasteiger partial charge >= 0.3 is 5.97 Å². The SMILES string of the molecule is O=C(N[C@H]1CCC[C@H]1C(=O)O)c1ccc2c(c1)COC2. The summed E-state index contributed by atoms with van der Waals surface area (Å²) in [5, 5.41) is 12.0. The first-order valence-electron chi connectivity index (χ1n) is 6.88. The molecule has 1 fully saturated rings. The number of hydrogen-bond donors (Lipinski definition) is 2. The Balaban J connectivity index is 1.71. The Kier molecular flexibility index (Phi) is 3.44. The van der Waals surface area contributed by atoms with E-state index in [4.69, 9.17) is 9.84 Å². The highest BCUT2D eigenvalue weighted by Crippen LogP contribution is 2.26. The summed E-state index contributed by atoms with van der Waals surface area (Å²) in [5.41, 5.74) is 2.73. The fraction of sp³-hybridized carbons (Fsp3) is 0.467. The van der Waals surface area contributed by atoms with Gasteiger partial charge in [0.25, 0.3) is 5.91 Å². The summed E-state index contributed by atoms with van der Waals surface area (Å²) in [4.78, 5) is 23.3. The van der Waals surface area contributed by atoms with Crippen LogP contribution in [0.4, 0.5) is 0 Å². The Bertz CT molecular complexity index is 555. The molecule has 2 N–H and O–H groups in total. The van der Waals surface area contributed by atoms with Gasteiger partial charge in [-0.15, -0.1) is 0 Å². The van der Waals surface area contributed by atoms with Crippen LogP contribution < -0.4 is 5.32 Å². The Labute approximate surface area is 116 Å². The number of amides is 1. The average Bonchev–Trinajstić information content (AvgIpc) is 3.05. The molecule has 3 rings (SSSR count). The number of ether oxygens (including phenoxy) is 1. The minimum absolute atomic E-state index is 0.196. The lowest BCUT2D eigenvalue weighted by Gasteiger charge is -2.17. The molecule has 5 heteroatoms. The molecule has 1 aromatic rings. The van der Waals surface area contributed by atoms with Crippen LogP contribution in [-0.4, -0.2) is 23.0 Å². The van der Waals surface area contributed by atoms with E-state index in [9.17, 15) is 9.59 Å².